The van der Waals surface area contributed by atoms with Gasteiger partial charge in [0, 0.05) is 22.3 Å². The SMILES string of the molecule is COc1cc2c(c(C)c1OC)C(=O)c1c(O)cccc1C2=O. The average molecular weight is 298 g/mol. The number of carbonyl (C=O) groups is 2. The van der Waals surface area contributed by atoms with Crippen LogP contribution in [0, 0.1) is 6.92 Å². The van der Waals surface area contributed by atoms with Gasteiger partial charge in [-0.1, -0.05) is 12.1 Å². The molecule has 0 radical (unpaired) electrons. The lowest BCUT2D eigenvalue weighted by Gasteiger charge is -2.22. The fourth-order valence-electron chi connectivity index (χ4n) is 2.88. The van der Waals surface area contributed by atoms with Crippen LogP contribution in [0.2, 0.25) is 0 Å². The summed E-state index contributed by atoms with van der Waals surface area (Å²) in [5.74, 6) is -0.105. The summed E-state index contributed by atoms with van der Waals surface area (Å²) in [7, 11) is 2.94. The van der Waals surface area contributed by atoms with Gasteiger partial charge < -0.3 is 14.6 Å². The first-order chi connectivity index (χ1) is 10.5. The molecule has 0 saturated heterocycles. The van der Waals surface area contributed by atoms with Gasteiger partial charge in [0.25, 0.3) is 0 Å². The van der Waals surface area contributed by atoms with E-state index >= 15 is 0 Å². The Morgan fingerprint density at radius 1 is 0.955 bits per heavy atom. The van der Waals surface area contributed by atoms with E-state index in [0.29, 0.717) is 17.1 Å². The molecule has 2 aromatic carbocycles. The molecule has 0 unspecified atom stereocenters. The molecular weight excluding hydrogens is 284 g/mol. The van der Waals surface area contributed by atoms with Crippen molar-refractivity contribution in [2.75, 3.05) is 14.2 Å². The van der Waals surface area contributed by atoms with E-state index in [9.17, 15) is 14.7 Å². The molecule has 22 heavy (non-hydrogen) atoms. The van der Waals surface area contributed by atoms with E-state index in [2.05, 4.69) is 0 Å². The normalized spacial score (nSPS) is 12.7. The van der Waals surface area contributed by atoms with E-state index in [1.165, 1.54) is 38.5 Å². The molecule has 1 aliphatic rings. The Kier molecular flexibility index (Phi) is 3.13. The lowest BCUT2D eigenvalue weighted by molar-refractivity contribution is 0.0975. The van der Waals surface area contributed by atoms with Crippen molar-refractivity contribution in [2.45, 2.75) is 6.92 Å². The molecule has 1 aliphatic carbocycles. The van der Waals surface area contributed by atoms with Crippen LogP contribution < -0.4 is 9.47 Å². The van der Waals surface area contributed by atoms with Gasteiger partial charge in [-0.25, -0.2) is 0 Å². The van der Waals surface area contributed by atoms with Crippen LogP contribution in [0.4, 0.5) is 0 Å². The summed E-state index contributed by atoms with van der Waals surface area (Å²) >= 11 is 0. The Morgan fingerprint density at radius 2 is 1.68 bits per heavy atom. The number of hydrogen-bond acceptors (Lipinski definition) is 5. The number of rotatable bonds is 2. The molecule has 0 atom stereocenters. The van der Waals surface area contributed by atoms with E-state index in [4.69, 9.17) is 9.47 Å². The fraction of sp³-hybridized carbons (Fsp3) is 0.176. The van der Waals surface area contributed by atoms with Crippen LogP contribution in [0.15, 0.2) is 24.3 Å². The Morgan fingerprint density at radius 3 is 2.32 bits per heavy atom. The number of phenolic OH excluding ortho intramolecular Hbond substituents is 1. The molecule has 0 spiro atoms. The Bertz CT molecular complexity index is 820. The molecule has 0 bridgehead atoms. The maximum atomic E-state index is 12.8. The summed E-state index contributed by atoms with van der Waals surface area (Å²) in [4.78, 5) is 25.4. The molecule has 112 valence electrons. The summed E-state index contributed by atoms with van der Waals surface area (Å²) in [6.07, 6.45) is 0. The van der Waals surface area contributed by atoms with E-state index in [-0.39, 0.29) is 39.6 Å². The van der Waals surface area contributed by atoms with Gasteiger partial charge in [0.2, 0.25) is 0 Å². The first-order valence-corrected chi connectivity index (χ1v) is 6.68. The lowest BCUT2D eigenvalue weighted by Crippen LogP contribution is -2.22. The van der Waals surface area contributed by atoms with Crippen molar-refractivity contribution in [3.8, 4) is 17.2 Å². The monoisotopic (exact) mass is 298 g/mol. The zero-order valence-electron chi connectivity index (χ0n) is 12.4. The number of fused-ring (bicyclic) bond motifs is 2. The smallest absolute Gasteiger partial charge is 0.198 e. The number of ketones is 2. The minimum Gasteiger partial charge on any atom is -0.507 e. The van der Waals surface area contributed by atoms with Crippen molar-refractivity contribution in [2.24, 2.45) is 0 Å². The third-order valence-corrected chi connectivity index (χ3v) is 3.89. The van der Waals surface area contributed by atoms with Gasteiger partial charge in [0.05, 0.1) is 19.8 Å². The molecule has 1 N–H and O–H groups in total. The molecule has 0 saturated carbocycles. The van der Waals surface area contributed by atoms with Crippen LogP contribution in [-0.2, 0) is 0 Å². The Balaban J connectivity index is 2.38. The third-order valence-electron chi connectivity index (χ3n) is 3.89. The maximum absolute atomic E-state index is 12.8. The minimum atomic E-state index is -0.388. The van der Waals surface area contributed by atoms with Crippen molar-refractivity contribution in [3.63, 3.8) is 0 Å². The van der Waals surface area contributed by atoms with Crippen LogP contribution in [0.25, 0.3) is 0 Å². The van der Waals surface area contributed by atoms with Gasteiger partial charge in [0.15, 0.2) is 23.1 Å². The summed E-state index contributed by atoms with van der Waals surface area (Å²) in [5.41, 5.74) is 1.26. The molecule has 0 heterocycles. The number of phenols is 1. The standard InChI is InChI=1S/C17H14O5/c1-8-13-10(7-12(21-2)17(8)22-3)15(19)9-5-4-6-11(18)14(9)16(13)20/h4-7,18H,1-3H3. The van der Waals surface area contributed by atoms with Crippen LogP contribution in [0.5, 0.6) is 17.2 Å². The molecule has 2 aromatic rings. The Hall–Kier alpha value is -2.82. The summed E-state index contributed by atoms with van der Waals surface area (Å²) < 4.78 is 10.5. The lowest BCUT2D eigenvalue weighted by atomic mass is 9.81. The van der Waals surface area contributed by atoms with Crippen molar-refractivity contribution < 1.29 is 24.2 Å². The van der Waals surface area contributed by atoms with Crippen molar-refractivity contribution in [1.82, 2.24) is 0 Å². The van der Waals surface area contributed by atoms with Gasteiger partial charge in [-0.2, -0.15) is 0 Å². The first kappa shape index (κ1) is 14.1. The molecule has 0 aliphatic heterocycles. The Labute approximate surface area is 127 Å². The average Bonchev–Trinajstić information content (AvgIpc) is 2.51. The van der Waals surface area contributed by atoms with Crippen molar-refractivity contribution in [1.29, 1.82) is 0 Å². The van der Waals surface area contributed by atoms with Gasteiger partial charge in [-0.15, -0.1) is 0 Å². The molecule has 5 nitrogen and oxygen atoms in total. The summed E-state index contributed by atoms with van der Waals surface area (Å²) in [5, 5.41) is 9.96. The first-order valence-electron chi connectivity index (χ1n) is 6.68. The highest BCUT2D eigenvalue weighted by molar-refractivity contribution is 6.30. The van der Waals surface area contributed by atoms with Crippen molar-refractivity contribution in [3.05, 3.63) is 52.1 Å². The number of hydrogen-bond donors (Lipinski definition) is 1. The molecule has 5 heteroatoms. The number of ether oxygens (including phenoxy) is 2. The number of carbonyl (C=O) groups excluding carboxylic acids is 2. The van der Waals surface area contributed by atoms with E-state index < -0.39 is 0 Å². The number of aromatic hydroxyl groups is 1. The zero-order valence-corrected chi connectivity index (χ0v) is 12.4. The van der Waals surface area contributed by atoms with Gasteiger partial charge in [-0.05, 0) is 19.1 Å². The van der Waals surface area contributed by atoms with Crippen LogP contribution in [0.1, 0.15) is 37.4 Å². The highest BCUT2D eigenvalue weighted by atomic mass is 16.5. The maximum Gasteiger partial charge on any atom is 0.198 e. The second-order valence-corrected chi connectivity index (χ2v) is 5.02. The highest BCUT2D eigenvalue weighted by Crippen LogP contribution is 2.41. The quantitative estimate of drug-likeness (QED) is 0.787. The summed E-state index contributed by atoms with van der Waals surface area (Å²) in [6, 6.07) is 5.97. The predicted molar refractivity (Wildman–Crippen MR) is 79.3 cm³/mol. The topological polar surface area (TPSA) is 72.8 Å². The second-order valence-electron chi connectivity index (χ2n) is 5.02. The van der Waals surface area contributed by atoms with Crippen LogP contribution >= 0.6 is 0 Å². The van der Waals surface area contributed by atoms with Gasteiger partial charge in [0.1, 0.15) is 5.75 Å². The van der Waals surface area contributed by atoms with E-state index in [0.717, 1.165) is 0 Å². The van der Waals surface area contributed by atoms with Gasteiger partial charge in [-0.3, -0.25) is 9.59 Å². The third kappa shape index (κ3) is 1.72. The molecule has 0 amide bonds. The summed E-state index contributed by atoms with van der Waals surface area (Å²) in [6.45, 7) is 1.69. The van der Waals surface area contributed by atoms with Gasteiger partial charge >= 0.3 is 0 Å². The minimum absolute atomic E-state index is 0.0373. The number of methoxy groups -OCH3 is 2. The number of benzene rings is 2. The zero-order chi connectivity index (χ0) is 16.0. The molecule has 0 fully saturated rings. The fourth-order valence-corrected chi connectivity index (χ4v) is 2.88. The van der Waals surface area contributed by atoms with E-state index in [1.54, 1.807) is 6.92 Å². The van der Waals surface area contributed by atoms with Crippen LogP contribution in [-0.4, -0.2) is 30.9 Å². The predicted octanol–water partition coefficient (Wildman–Crippen LogP) is 2.49. The van der Waals surface area contributed by atoms with Crippen molar-refractivity contribution >= 4 is 11.6 Å². The molecular formula is C17H14O5. The highest BCUT2D eigenvalue weighted by Gasteiger charge is 2.35. The van der Waals surface area contributed by atoms with E-state index in [1.807, 2.05) is 0 Å². The molecule has 3 rings (SSSR count). The molecule has 0 aromatic heterocycles. The second kappa shape index (κ2) is 4.87. The van der Waals surface area contributed by atoms with Crippen LogP contribution in [0.3, 0.4) is 0 Å². The largest absolute Gasteiger partial charge is 0.507 e.